The van der Waals surface area contributed by atoms with Crippen LogP contribution in [0.4, 0.5) is 4.39 Å². The Morgan fingerprint density at radius 2 is 1.82 bits per heavy atom. The van der Waals surface area contributed by atoms with E-state index in [4.69, 9.17) is 4.74 Å². The first-order valence-electron chi connectivity index (χ1n) is 4.88. The number of hydrogen-bond donors (Lipinski definition) is 0. The molecule has 0 radical (unpaired) electrons. The fraction of sp³-hybridized carbons (Fsp3) is 0. The quantitative estimate of drug-likeness (QED) is 0.473. The summed E-state index contributed by atoms with van der Waals surface area (Å²) in [5, 5.41) is 0. The molecule has 0 bridgehead atoms. The van der Waals surface area contributed by atoms with Gasteiger partial charge in [-0.05, 0) is 65.1 Å². The van der Waals surface area contributed by atoms with Crippen LogP contribution in [0.25, 0.3) is 0 Å². The zero-order valence-corrected chi connectivity index (χ0v) is 10.8. The van der Waals surface area contributed by atoms with Gasteiger partial charge in [0.15, 0.2) is 0 Å². The fourth-order valence-electron chi connectivity index (χ4n) is 1.28. The molecule has 0 saturated carbocycles. The van der Waals surface area contributed by atoms with Crippen LogP contribution in [0, 0.1) is 9.39 Å². The summed E-state index contributed by atoms with van der Waals surface area (Å²) < 4.78 is 19.1. The largest absolute Gasteiger partial charge is 0.423 e. The Morgan fingerprint density at radius 3 is 2.47 bits per heavy atom. The molecule has 0 unspecified atom stereocenters. The molecule has 0 aliphatic heterocycles. The summed E-state index contributed by atoms with van der Waals surface area (Å²) in [6.07, 6.45) is 0. The van der Waals surface area contributed by atoms with Crippen LogP contribution >= 0.6 is 22.6 Å². The minimum atomic E-state index is -0.564. The molecule has 0 heterocycles. The van der Waals surface area contributed by atoms with E-state index in [0.29, 0.717) is 5.75 Å². The average Bonchev–Trinajstić information content (AvgIpc) is 2.32. The van der Waals surface area contributed by atoms with Crippen molar-refractivity contribution in [1.29, 1.82) is 0 Å². The zero-order chi connectivity index (χ0) is 12.3. The van der Waals surface area contributed by atoms with Gasteiger partial charge >= 0.3 is 5.97 Å². The predicted molar refractivity (Wildman–Crippen MR) is 70.5 cm³/mol. The molecule has 2 nitrogen and oxygen atoms in total. The van der Waals surface area contributed by atoms with Gasteiger partial charge in [-0.3, -0.25) is 0 Å². The summed E-state index contributed by atoms with van der Waals surface area (Å²) in [6.45, 7) is 0. The molecule has 0 N–H and O–H groups in total. The highest BCUT2D eigenvalue weighted by atomic mass is 127. The topological polar surface area (TPSA) is 26.3 Å². The van der Waals surface area contributed by atoms with Crippen LogP contribution < -0.4 is 4.74 Å². The Hall–Kier alpha value is -1.43. The van der Waals surface area contributed by atoms with E-state index in [1.54, 1.807) is 12.1 Å². The third-order valence-electron chi connectivity index (χ3n) is 2.08. The number of esters is 1. The second-order valence-corrected chi connectivity index (χ2v) is 4.60. The van der Waals surface area contributed by atoms with Crippen molar-refractivity contribution in [3.05, 3.63) is 63.5 Å². The van der Waals surface area contributed by atoms with E-state index < -0.39 is 11.8 Å². The molecular formula is C13H8FIO2. The van der Waals surface area contributed by atoms with Crippen molar-refractivity contribution < 1.29 is 13.9 Å². The van der Waals surface area contributed by atoms with Crippen molar-refractivity contribution in [3.8, 4) is 5.75 Å². The molecule has 0 spiro atoms. The first-order chi connectivity index (χ1) is 8.15. The maximum atomic E-state index is 12.9. The number of carbonyl (C=O) groups is 1. The molecule has 17 heavy (non-hydrogen) atoms. The third kappa shape index (κ3) is 3.26. The highest BCUT2D eigenvalue weighted by molar-refractivity contribution is 14.1. The van der Waals surface area contributed by atoms with Gasteiger partial charge in [0.05, 0.1) is 5.56 Å². The van der Waals surface area contributed by atoms with Gasteiger partial charge in [0, 0.05) is 3.57 Å². The summed E-state index contributed by atoms with van der Waals surface area (Å²) in [6, 6.07) is 12.5. The molecule has 0 aliphatic carbocycles. The van der Waals surface area contributed by atoms with E-state index in [9.17, 15) is 9.18 Å². The molecule has 0 fully saturated rings. The highest BCUT2D eigenvalue weighted by Crippen LogP contribution is 2.15. The first kappa shape index (κ1) is 12.0. The summed E-state index contributed by atoms with van der Waals surface area (Å²) in [5.41, 5.74) is 0.198. The lowest BCUT2D eigenvalue weighted by Crippen LogP contribution is -2.08. The molecule has 2 rings (SSSR count). The lowest BCUT2D eigenvalue weighted by atomic mass is 10.2. The van der Waals surface area contributed by atoms with Crippen molar-refractivity contribution in [2.24, 2.45) is 0 Å². The molecule has 86 valence electrons. The zero-order valence-electron chi connectivity index (χ0n) is 8.69. The Bertz CT molecular complexity index is 537. The standard InChI is InChI=1S/C13H8FIO2/c14-10-3-1-2-9(8-10)13(16)17-12-6-4-11(15)5-7-12/h1-8H. The maximum Gasteiger partial charge on any atom is 0.343 e. The van der Waals surface area contributed by atoms with Crippen LogP contribution in [0.1, 0.15) is 10.4 Å². The molecular weight excluding hydrogens is 334 g/mol. The normalized spacial score (nSPS) is 10.0. The van der Waals surface area contributed by atoms with E-state index in [2.05, 4.69) is 22.6 Å². The van der Waals surface area contributed by atoms with Crippen LogP contribution in [-0.4, -0.2) is 5.97 Å². The van der Waals surface area contributed by atoms with Crippen molar-refractivity contribution in [2.75, 3.05) is 0 Å². The van der Waals surface area contributed by atoms with Gasteiger partial charge in [-0.25, -0.2) is 9.18 Å². The lowest BCUT2D eigenvalue weighted by molar-refractivity contribution is 0.0734. The smallest absolute Gasteiger partial charge is 0.343 e. The molecule has 0 amide bonds. The summed E-state index contributed by atoms with van der Waals surface area (Å²) in [4.78, 5) is 11.7. The van der Waals surface area contributed by atoms with Crippen molar-refractivity contribution in [1.82, 2.24) is 0 Å². The Labute approximate surface area is 112 Å². The second kappa shape index (κ2) is 5.27. The van der Waals surface area contributed by atoms with E-state index in [-0.39, 0.29) is 5.56 Å². The molecule has 4 heteroatoms. The second-order valence-electron chi connectivity index (χ2n) is 3.35. The van der Waals surface area contributed by atoms with Crippen LogP contribution in [0.5, 0.6) is 5.75 Å². The Morgan fingerprint density at radius 1 is 1.12 bits per heavy atom. The van der Waals surface area contributed by atoms with Gasteiger partial charge in [-0.2, -0.15) is 0 Å². The van der Waals surface area contributed by atoms with Crippen LogP contribution in [-0.2, 0) is 0 Å². The number of hydrogen-bond acceptors (Lipinski definition) is 2. The lowest BCUT2D eigenvalue weighted by Gasteiger charge is -2.04. The van der Waals surface area contributed by atoms with Gasteiger partial charge in [0.1, 0.15) is 11.6 Å². The minimum Gasteiger partial charge on any atom is -0.423 e. The highest BCUT2D eigenvalue weighted by Gasteiger charge is 2.08. The van der Waals surface area contributed by atoms with E-state index in [1.807, 2.05) is 12.1 Å². The van der Waals surface area contributed by atoms with Gasteiger partial charge in [0.2, 0.25) is 0 Å². The molecule has 0 aromatic heterocycles. The fourth-order valence-corrected chi connectivity index (χ4v) is 1.64. The third-order valence-corrected chi connectivity index (χ3v) is 2.80. The van der Waals surface area contributed by atoms with Crippen LogP contribution in [0.3, 0.4) is 0 Å². The van der Waals surface area contributed by atoms with Crippen LogP contribution in [0.2, 0.25) is 0 Å². The number of rotatable bonds is 2. The average molecular weight is 342 g/mol. The number of carbonyl (C=O) groups excluding carboxylic acids is 1. The van der Waals surface area contributed by atoms with Gasteiger partial charge in [-0.15, -0.1) is 0 Å². The molecule has 2 aromatic carbocycles. The number of halogens is 2. The summed E-state index contributed by atoms with van der Waals surface area (Å²) in [5.74, 6) is -0.576. The summed E-state index contributed by atoms with van der Waals surface area (Å²) >= 11 is 2.16. The predicted octanol–water partition coefficient (Wildman–Crippen LogP) is 3.65. The van der Waals surface area contributed by atoms with E-state index in [1.165, 1.54) is 18.2 Å². The monoisotopic (exact) mass is 342 g/mol. The van der Waals surface area contributed by atoms with Crippen molar-refractivity contribution in [2.45, 2.75) is 0 Å². The molecule has 0 saturated heterocycles. The summed E-state index contributed by atoms with van der Waals surface area (Å²) in [7, 11) is 0. The van der Waals surface area contributed by atoms with Crippen molar-refractivity contribution >= 4 is 28.6 Å². The minimum absolute atomic E-state index is 0.198. The van der Waals surface area contributed by atoms with E-state index >= 15 is 0 Å². The van der Waals surface area contributed by atoms with Gasteiger partial charge in [-0.1, -0.05) is 6.07 Å². The number of ether oxygens (including phenoxy) is 1. The molecule has 0 aliphatic rings. The van der Waals surface area contributed by atoms with Crippen LogP contribution in [0.15, 0.2) is 48.5 Å². The van der Waals surface area contributed by atoms with Gasteiger partial charge in [0.25, 0.3) is 0 Å². The molecule has 2 aromatic rings. The number of benzene rings is 2. The van der Waals surface area contributed by atoms with E-state index in [0.717, 1.165) is 9.64 Å². The van der Waals surface area contributed by atoms with Crippen molar-refractivity contribution in [3.63, 3.8) is 0 Å². The first-order valence-corrected chi connectivity index (χ1v) is 5.96. The maximum absolute atomic E-state index is 12.9. The SMILES string of the molecule is O=C(Oc1ccc(I)cc1)c1cccc(F)c1. The Kier molecular flexibility index (Phi) is 3.73. The Balaban J connectivity index is 2.14. The van der Waals surface area contributed by atoms with Gasteiger partial charge < -0.3 is 4.74 Å². The molecule has 0 atom stereocenters.